The van der Waals surface area contributed by atoms with E-state index in [4.69, 9.17) is 4.42 Å². The Kier molecular flexibility index (Phi) is 2.73. The molecule has 2 aliphatic rings. The minimum absolute atomic E-state index is 0.0622. The van der Waals surface area contributed by atoms with E-state index in [0.717, 1.165) is 0 Å². The Hall–Kier alpha value is -1.58. The highest BCUT2D eigenvalue weighted by Gasteiger charge is 2.64. The van der Waals surface area contributed by atoms with Crippen LogP contribution in [-0.2, 0) is 4.79 Å². The van der Waals surface area contributed by atoms with Crippen molar-refractivity contribution in [3.63, 3.8) is 0 Å². The topological polar surface area (TPSA) is 54.6 Å². The summed E-state index contributed by atoms with van der Waals surface area (Å²) in [6.07, 6.45) is 8.01. The van der Waals surface area contributed by atoms with Crippen molar-refractivity contribution in [1.82, 2.24) is 5.43 Å². The Balaban J connectivity index is 1.57. The second-order valence-electron chi connectivity index (χ2n) is 5.59. The summed E-state index contributed by atoms with van der Waals surface area (Å²) >= 11 is 0. The molecule has 0 unspecified atom stereocenters. The zero-order valence-electron chi connectivity index (χ0n) is 10.6. The average molecular weight is 246 g/mol. The van der Waals surface area contributed by atoms with E-state index in [9.17, 15) is 4.79 Å². The molecule has 0 aromatic carbocycles. The van der Waals surface area contributed by atoms with Crippen molar-refractivity contribution in [3.8, 4) is 0 Å². The lowest BCUT2D eigenvalue weighted by Crippen LogP contribution is -2.22. The van der Waals surface area contributed by atoms with Crippen LogP contribution in [0.5, 0.6) is 0 Å². The number of carbonyl (C=O) groups excluding carboxylic acids is 1. The Morgan fingerprint density at radius 1 is 1.61 bits per heavy atom. The number of amides is 1. The van der Waals surface area contributed by atoms with E-state index >= 15 is 0 Å². The summed E-state index contributed by atoms with van der Waals surface area (Å²) in [6, 6.07) is 3.59. The molecule has 2 fully saturated rings. The highest BCUT2D eigenvalue weighted by molar-refractivity contribution is 5.85. The number of fused-ring (bicyclic) bond motifs is 1. The lowest BCUT2D eigenvalue weighted by molar-refractivity contribution is -0.123. The number of hydrogen-bond acceptors (Lipinski definition) is 3. The van der Waals surface area contributed by atoms with Gasteiger partial charge in [0.25, 0.3) is 0 Å². The van der Waals surface area contributed by atoms with E-state index in [1.807, 2.05) is 0 Å². The Morgan fingerprint density at radius 3 is 3.17 bits per heavy atom. The van der Waals surface area contributed by atoms with E-state index in [1.165, 1.54) is 31.9 Å². The lowest BCUT2D eigenvalue weighted by Gasteiger charge is -2.15. The summed E-state index contributed by atoms with van der Waals surface area (Å²) in [5.74, 6) is 1.45. The molecule has 96 valence electrons. The monoisotopic (exact) mass is 246 g/mol. The van der Waals surface area contributed by atoms with Gasteiger partial charge in [0.2, 0.25) is 5.91 Å². The van der Waals surface area contributed by atoms with Gasteiger partial charge in [-0.2, -0.15) is 5.10 Å². The third kappa shape index (κ3) is 1.85. The van der Waals surface area contributed by atoms with Gasteiger partial charge in [-0.15, -0.1) is 0 Å². The molecule has 4 nitrogen and oxygen atoms in total. The fourth-order valence-corrected chi connectivity index (χ4v) is 3.44. The molecular weight excluding hydrogens is 228 g/mol. The first-order chi connectivity index (χ1) is 8.72. The number of nitrogens with one attached hydrogen (secondary N) is 1. The third-order valence-electron chi connectivity index (χ3n) is 4.52. The lowest BCUT2D eigenvalue weighted by atomic mass is 9.90. The molecule has 0 radical (unpaired) electrons. The van der Waals surface area contributed by atoms with E-state index in [-0.39, 0.29) is 17.2 Å². The van der Waals surface area contributed by atoms with Crippen LogP contribution in [0.1, 0.15) is 38.4 Å². The van der Waals surface area contributed by atoms with Crippen LogP contribution in [0.3, 0.4) is 0 Å². The summed E-state index contributed by atoms with van der Waals surface area (Å²) in [4.78, 5) is 12.0. The van der Waals surface area contributed by atoms with Crippen molar-refractivity contribution in [2.75, 3.05) is 0 Å². The Labute approximate surface area is 106 Å². The second kappa shape index (κ2) is 4.26. The van der Waals surface area contributed by atoms with Crippen LogP contribution in [0.15, 0.2) is 27.9 Å². The second-order valence-corrected chi connectivity index (χ2v) is 5.59. The van der Waals surface area contributed by atoms with Crippen LogP contribution < -0.4 is 5.43 Å². The fraction of sp³-hybridized carbons (Fsp3) is 0.571. The molecule has 1 aromatic heterocycles. The highest BCUT2D eigenvalue weighted by atomic mass is 16.3. The predicted molar refractivity (Wildman–Crippen MR) is 68.0 cm³/mol. The first kappa shape index (κ1) is 11.5. The van der Waals surface area contributed by atoms with E-state index < -0.39 is 0 Å². The number of hydrazone groups is 1. The molecule has 0 aliphatic heterocycles. The maximum Gasteiger partial charge on any atom is 0.244 e. The molecule has 18 heavy (non-hydrogen) atoms. The Bertz CT molecular complexity index is 466. The fourth-order valence-electron chi connectivity index (χ4n) is 3.44. The van der Waals surface area contributed by atoms with E-state index in [1.54, 1.807) is 18.4 Å². The van der Waals surface area contributed by atoms with Crippen molar-refractivity contribution in [1.29, 1.82) is 0 Å². The summed E-state index contributed by atoms with van der Waals surface area (Å²) in [5, 5.41) is 3.95. The van der Waals surface area contributed by atoms with Crippen molar-refractivity contribution in [2.24, 2.45) is 22.4 Å². The first-order valence-electron chi connectivity index (χ1n) is 6.58. The van der Waals surface area contributed by atoms with E-state index in [2.05, 4.69) is 17.5 Å². The molecule has 0 bridgehead atoms. The summed E-state index contributed by atoms with van der Waals surface area (Å²) in [5.41, 5.74) is 2.87. The number of furan rings is 1. The molecule has 2 aliphatic carbocycles. The van der Waals surface area contributed by atoms with Gasteiger partial charge < -0.3 is 4.42 Å². The van der Waals surface area contributed by atoms with Gasteiger partial charge in [-0.05, 0) is 36.3 Å². The standard InChI is InChI=1S/C14H18N2O2/c1-14-7-3-2-6-11(14)12(14)13(17)16-15-9-10-5-4-8-18-10/h4-5,8-9,11-12H,2-3,6-7H2,1H3,(H,16,17)/b15-9-/t11-,12+,14-/m0/s1. The van der Waals surface area contributed by atoms with Crippen molar-refractivity contribution >= 4 is 12.1 Å². The molecule has 1 amide bonds. The van der Waals surface area contributed by atoms with Gasteiger partial charge in [0.15, 0.2) is 0 Å². The number of carbonyl (C=O) groups is 1. The zero-order valence-corrected chi connectivity index (χ0v) is 10.6. The van der Waals surface area contributed by atoms with Crippen LogP contribution in [0.25, 0.3) is 0 Å². The van der Waals surface area contributed by atoms with Gasteiger partial charge in [0.1, 0.15) is 5.76 Å². The molecule has 1 N–H and O–H groups in total. The highest BCUT2D eigenvalue weighted by Crippen LogP contribution is 2.66. The third-order valence-corrected chi connectivity index (χ3v) is 4.52. The molecule has 0 spiro atoms. The summed E-state index contributed by atoms with van der Waals surface area (Å²) < 4.78 is 5.11. The average Bonchev–Trinajstić information content (AvgIpc) is 2.71. The van der Waals surface area contributed by atoms with Crippen LogP contribution in [0, 0.1) is 17.3 Å². The Morgan fingerprint density at radius 2 is 2.50 bits per heavy atom. The molecule has 1 aromatic rings. The van der Waals surface area contributed by atoms with Crippen LogP contribution >= 0.6 is 0 Å². The number of rotatable bonds is 3. The summed E-state index contributed by atoms with van der Waals surface area (Å²) in [7, 11) is 0. The van der Waals surface area contributed by atoms with Gasteiger partial charge in [-0.3, -0.25) is 4.79 Å². The SMILES string of the molecule is C[C@]12CCCC[C@H]1[C@@H]2C(=O)N/N=C\c1ccco1. The minimum Gasteiger partial charge on any atom is -0.463 e. The van der Waals surface area contributed by atoms with Crippen LogP contribution in [0.2, 0.25) is 0 Å². The number of nitrogens with zero attached hydrogens (tertiary/aromatic N) is 1. The largest absolute Gasteiger partial charge is 0.463 e. The zero-order chi connectivity index (χ0) is 12.6. The van der Waals surface area contributed by atoms with E-state index in [0.29, 0.717) is 11.7 Å². The van der Waals surface area contributed by atoms with Gasteiger partial charge in [0.05, 0.1) is 12.5 Å². The van der Waals surface area contributed by atoms with Gasteiger partial charge >= 0.3 is 0 Å². The molecule has 3 rings (SSSR count). The normalized spacial score (nSPS) is 34.3. The van der Waals surface area contributed by atoms with Crippen LogP contribution in [-0.4, -0.2) is 12.1 Å². The quantitative estimate of drug-likeness (QED) is 0.658. The molecule has 0 saturated heterocycles. The summed E-state index contributed by atoms with van der Waals surface area (Å²) in [6.45, 7) is 2.23. The molecule has 3 atom stereocenters. The molecule has 2 saturated carbocycles. The van der Waals surface area contributed by atoms with Gasteiger partial charge in [-0.1, -0.05) is 19.8 Å². The first-order valence-corrected chi connectivity index (χ1v) is 6.58. The maximum absolute atomic E-state index is 12.0. The van der Waals surface area contributed by atoms with Gasteiger partial charge in [-0.25, -0.2) is 5.43 Å². The molecule has 4 heteroatoms. The van der Waals surface area contributed by atoms with Crippen molar-refractivity contribution in [2.45, 2.75) is 32.6 Å². The predicted octanol–water partition coefficient (Wildman–Crippen LogP) is 2.56. The van der Waals surface area contributed by atoms with Gasteiger partial charge in [0, 0.05) is 5.92 Å². The van der Waals surface area contributed by atoms with Crippen molar-refractivity contribution < 1.29 is 9.21 Å². The smallest absolute Gasteiger partial charge is 0.244 e. The molecule has 1 heterocycles. The molecular formula is C14H18N2O2. The number of hydrogen-bond donors (Lipinski definition) is 1. The minimum atomic E-state index is 0.0622. The van der Waals surface area contributed by atoms with Crippen LogP contribution in [0.4, 0.5) is 0 Å². The maximum atomic E-state index is 12.0. The van der Waals surface area contributed by atoms with Crippen molar-refractivity contribution in [3.05, 3.63) is 24.2 Å².